The maximum Gasteiger partial charge on any atom is 0.335 e. The molecule has 24 heavy (non-hydrogen) atoms. The number of carboxylic acids is 2. The third kappa shape index (κ3) is 2.89. The molecule has 6 heteroatoms. The van der Waals surface area contributed by atoms with Crippen molar-refractivity contribution in [3.8, 4) is 22.6 Å². The van der Waals surface area contributed by atoms with Gasteiger partial charge < -0.3 is 14.6 Å². The smallest absolute Gasteiger partial charge is 0.335 e. The molecule has 2 N–H and O–H groups in total. The highest BCUT2D eigenvalue weighted by atomic mass is 16.4. The monoisotopic (exact) mass is 323 g/mol. The van der Waals surface area contributed by atoms with Crippen LogP contribution in [0.5, 0.6) is 0 Å². The molecule has 0 bridgehead atoms. The fraction of sp³-hybridized carbons (Fsp3) is 0.0556. The summed E-state index contributed by atoms with van der Waals surface area (Å²) in [4.78, 5) is 26.2. The number of rotatable bonds is 4. The lowest BCUT2D eigenvalue weighted by Gasteiger charge is -2.03. The molecule has 0 unspecified atom stereocenters. The molecule has 0 fully saturated rings. The lowest BCUT2D eigenvalue weighted by Crippen LogP contribution is -1.96. The number of hydrogen-bond acceptors (Lipinski definition) is 4. The van der Waals surface area contributed by atoms with Gasteiger partial charge in [-0.2, -0.15) is 0 Å². The number of aromatic nitrogens is 1. The Morgan fingerprint density at radius 2 is 1.29 bits per heavy atom. The molecule has 0 spiro atoms. The highest BCUT2D eigenvalue weighted by Gasteiger charge is 2.16. The number of carbonyl (C=O) groups is 2. The van der Waals surface area contributed by atoms with Crippen molar-refractivity contribution in [3.05, 3.63) is 65.5 Å². The number of aryl methyl sites for hydroxylation is 1. The molecule has 0 saturated heterocycles. The van der Waals surface area contributed by atoms with Crippen LogP contribution in [0.15, 0.2) is 52.9 Å². The van der Waals surface area contributed by atoms with Crippen LogP contribution in [-0.4, -0.2) is 27.1 Å². The molecule has 0 aliphatic rings. The van der Waals surface area contributed by atoms with Gasteiger partial charge in [0.05, 0.1) is 11.1 Å². The van der Waals surface area contributed by atoms with E-state index in [1.165, 1.54) is 24.3 Å². The molecule has 0 radical (unpaired) electrons. The molecule has 2 aromatic carbocycles. The van der Waals surface area contributed by atoms with Crippen molar-refractivity contribution in [2.75, 3.05) is 0 Å². The third-order valence-corrected chi connectivity index (χ3v) is 3.53. The Labute approximate surface area is 137 Å². The maximum atomic E-state index is 10.9. The first-order chi connectivity index (χ1) is 11.5. The second-order valence-corrected chi connectivity index (χ2v) is 5.18. The quantitative estimate of drug-likeness (QED) is 0.759. The zero-order chi connectivity index (χ0) is 17.3. The standard InChI is InChI=1S/C18H13NO5/c1-10-19-15(11-2-6-13(7-3-11)17(20)21)16(24-10)12-4-8-14(9-5-12)18(22)23/h2-9H,1H3,(H,20,21)(H,22,23). The lowest BCUT2D eigenvalue weighted by atomic mass is 10.0. The van der Waals surface area contributed by atoms with Crippen LogP contribution in [0.4, 0.5) is 0 Å². The van der Waals surface area contributed by atoms with Gasteiger partial charge in [0.2, 0.25) is 0 Å². The molecule has 0 aliphatic heterocycles. The Morgan fingerprint density at radius 3 is 1.75 bits per heavy atom. The molecule has 0 saturated carbocycles. The van der Waals surface area contributed by atoms with E-state index < -0.39 is 11.9 Å². The van der Waals surface area contributed by atoms with Crippen LogP contribution in [0, 0.1) is 6.92 Å². The summed E-state index contributed by atoms with van der Waals surface area (Å²) in [5.41, 5.74) is 2.35. The van der Waals surface area contributed by atoms with E-state index >= 15 is 0 Å². The van der Waals surface area contributed by atoms with Crippen LogP contribution >= 0.6 is 0 Å². The number of aromatic carboxylic acids is 2. The molecular formula is C18H13NO5. The van der Waals surface area contributed by atoms with Gasteiger partial charge in [-0.3, -0.25) is 0 Å². The summed E-state index contributed by atoms with van der Waals surface area (Å²) in [5.74, 6) is -1.03. The number of hydrogen-bond donors (Lipinski definition) is 2. The van der Waals surface area contributed by atoms with Gasteiger partial charge in [0.25, 0.3) is 0 Å². The lowest BCUT2D eigenvalue weighted by molar-refractivity contribution is 0.0686. The Bertz CT molecular complexity index is 833. The van der Waals surface area contributed by atoms with Gasteiger partial charge in [-0.1, -0.05) is 24.3 Å². The normalized spacial score (nSPS) is 10.5. The predicted octanol–water partition coefficient (Wildman–Crippen LogP) is 3.71. The molecule has 1 heterocycles. The van der Waals surface area contributed by atoms with Crippen molar-refractivity contribution < 1.29 is 24.2 Å². The van der Waals surface area contributed by atoms with E-state index in [1.807, 2.05) is 0 Å². The first kappa shape index (κ1) is 15.5. The van der Waals surface area contributed by atoms with Crippen molar-refractivity contribution in [2.24, 2.45) is 0 Å². The third-order valence-electron chi connectivity index (χ3n) is 3.53. The summed E-state index contributed by atoms with van der Waals surface area (Å²) >= 11 is 0. The van der Waals surface area contributed by atoms with Gasteiger partial charge in [-0.05, 0) is 24.3 Å². The Morgan fingerprint density at radius 1 is 0.833 bits per heavy atom. The van der Waals surface area contributed by atoms with Crippen LogP contribution in [-0.2, 0) is 0 Å². The van der Waals surface area contributed by atoms with E-state index in [0.29, 0.717) is 28.5 Å². The van der Waals surface area contributed by atoms with E-state index in [1.54, 1.807) is 31.2 Å². The minimum atomic E-state index is -1.00. The first-order valence-corrected chi connectivity index (χ1v) is 7.10. The average molecular weight is 323 g/mol. The van der Waals surface area contributed by atoms with Gasteiger partial charge >= 0.3 is 11.9 Å². The molecule has 0 atom stereocenters. The number of oxazole rings is 1. The summed E-state index contributed by atoms with van der Waals surface area (Å²) in [6.45, 7) is 1.71. The zero-order valence-corrected chi connectivity index (χ0v) is 12.7. The fourth-order valence-corrected chi connectivity index (χ4v) is 2.35. The van der Waals surface area contributed by atoms with Gasteiger partial charge in [0.15, 0.2) is 11.7 Å². The summed E-state index contributed by atoms with van der Waals surface area (Å²) < 4.78 is 5.66. The number of nitrogens with zero attached hydrogens (tertiary/aromatic N) is 1. The molecule has 0 aliphatic carbocycles. The van der Waals surface area contributed by atoms with E-state index in [0.717, 1.165) is 0 Å². The van der Waals surface area contributed by atoms with Crippen molar-refractivity contribution in [2.45, 2.75) is 6.92 Å². The molecule has 0 amide bonds. The highest BCUT2D eigenvalue weighted by molar-refractivity contribution is 5.90. The van der Waals surface area contributed by atoms with Gasteiger partial charge in [0.1, 0.15) is 5.69 Å². The molecule has 3 aromatic rings. The van der Waals surface area contributed by atoms with E-state index in [4.69, 9.17) is 14.6 Å². The fourth-order valence-electron chi connectivity index (χ4n) is 2.35. The molecular weight excluding hydrogens is 310 g/mol. The summed E-state index contributed by atoms with van der Waals surface area (Å²) in [5, 5.41) is 17.9. The van der Waals surface area contributed by atoms with Crippen molar-refractivity contribution in [1.29, 1.82) is 0 Å². The number of benzene rings is 2. The highest BCUT2D eigenvalue weighted by Crippen LogP contribution is 2.32. The van der Waals surface area contributed by atoms with Gasteiger partial charge in [0, 0.05) is 18.1 Å². The molecule has 6 nitrogen and oxygen atoms in total. The minimum Gasteiger partial charge on any atom is -0.478 e. The summed E-state index contributed by atoms with van der Waals surface area (Å²) in [6.07, 6.45) is 0. The largest absolute Gasteiger partial charge is 0.478 e. The average Bonchev–Trinajstić information content (AvgIpc) is 2.97. The van der Waals surface area contributed by atoms with E-state index in [-0.39, 0.29) is 11.1 Å². The molecule has 3 rings (SSSR count). The second kappa shape index (κ2) is 6.00. The first-order valence-electron chi connectivity index (χ1n) is 7.10. The van der Waals surface area contributed by atoms with Crippen LogP contribution in [0.25, 0.3) is 22.6 Å². The molecule has 120 valence electrons. The Kier molecular flexibility index (Phi) is 3.87. The maximum absolute atomic E-state index is 10.9. The zero-order valence-electron chi connectivity index (χ0n) is 12.7. The van der Waals surface area contributed by atoms with Crippen molar-refractivity contribution in [3.63, 3.8) is 0 Å². The van der Waals surface area contributed by atoms with Gasteiger partial charge in [-0.15, -0.1) is 0 Å². The van der Waals surface area contributed by atoms with Crippen LogP contribution < -0.4 is 0 Å². The Balaban J connectivity index is 2.04. The van der Waals surface area contributed by atoms with Crippen LogP contribution in [0.1, 0.15) is 26.6 Å². The van der Waals surface area contributed by atoms with Gasteiger partial charge in [-0.25, -0.2) is 14.6 Å². The second-order valence-electron chi connectivity index (χ2n) is 5.18. The van der Waals surface area contributed by atoms with E-state index in [2.05, 4.69) is 4.98 Å². The van der Waals surface area contributed by atoms with Crippen LogP contribution in [0.2, 0.25) is 0 Å². The van der Waals surface area contributed by atoms with Crippen LogP contribution in [0.3, 0.4) is 0 Å². The topological polar surface area (TPSA) is 101 Å². The minimum absolute atomic E-state index is 0.183. The Hall–Kier alpha value is -3.41. The SMILES string of the molecule is Cc1nc(-c2ccc(C(=O)O)cc2)c(-c2ccc(C(=O)O)cc2)o1. The van der Waals surface area contributed by atoms with Crippen molar-refractivity contribution >= 4 is 11.9 Å². The molecule has 1 aromatic heterocycles. The number of carboxylic acid groups (broad SMARTS) is 2. The predicted molar refractivity (Wildman–Crippen MR) is 86.0 cm³/mol. The summed E-state index contributed by atoms with van der Waals surface area (Å²) in [7, 11) is 0. The summed E-state index contributed by atoms with van der Waals surface area (Å²) in [6, 6.07) is 12.6. The van der Waals surface area contributed by atoms with Crippen molar-refractivity contribution in [1.82, 2.24) is 4.98 Å². The van der Waals surface area contributed by atoms with E-state index in [9.17, 15) is 9.59 Å².